The van der Waals surface area contributed by atoms with Gasteiger partial charge in [0.1, 0.15) is 17.7 Å². The Morgan fingerprint density at radius 2 is 2.04 bits per heavy atom. The van der Waals surface area contributed by atoms with Crippen LogP contribution in [0.15, 0.2) is 30.3 Å². The summed E-state index contributed by atoms with van der Waals surface area (Å²) < 4.78 is 12.5. The van der Waals surface area contributed by atoms with E-state index in [0.717, 1.165) is 17.0 Å². The first kappa shape index (κ1) is 19.0. The summed E-state index contributed by atoms with van der Waals surface area (Å²) in [5, 5.41) is 7.33. The van der Waals surface area contributed by atoms with Crippen LogP contribution in [0.4, 0.5) is 5.82 Å². The summed E-state index contributed by atoms with van der Waals surface area (Å²) in [7, 11) is 3.43. The normalized spacial score (nSPS) is 12.7. The molecule has 1 amide bonds. The Hall–Kier alpha value is -2.34. The van der Waals surface area contributed by atoms with Crippen molar-refractivity contribution in [1.82, 2.24) is 9.78 Å². The van der Waals surface area contributed by atoms with Gasteiger partial charge in [-0.05, 0) is 24.6 Å². The summed E-state index contributed by atoms with van der Waals surface area (Å²) in [6, 6.07) is 9.48. The molecule has 0 radical (unpaired) electrons. The average molecular weight is 345 g/mol. The number of benzene rings is 1. The quantitative estimate of drug-likeness (QED) is 0.873. The predicted molar refractivity (Wildman–Crippen MR) is 97.8 cm³/mol. The lowest BCUT2D eigenvalue weighted by molar-refractivity contribution is -0.127. The van der Waals surface area contributed by atoms with Crippen molar-refractivity contribution in [3.05, 3.63) is 41.6 Å². The van der Waals surface area contributed by atoms with Crippen LogP contribution >= 0.6 is 0 Å². The van der Waals surface area contributed by atoms with Crippen molar-refractivity contribution in [3.63, 3.8) is 0 Å². The molecule has 0 spiro atoms. The molecule has 0 aliphatic rings. The third kappa shape index (κ3) is 5.06. The van der Waals surface area contributed by atoms with E-state index in [4.69, 9.17) is 9.47 Å². The van der Waals surface area contributed by atoms with Crippen LogP contribution < -0.4 is 10.1 Å². The summed E-state index contributed by atoms with van der Waals surface area (Å²) in [4.78, 5) is 12.4. The van der Waals surface area contributed by atoms with Crippen LogP contribution in [0.25, 0.3) is 0 Å². The molecule has 0 saturated carbocycles. The molecule has 1 N–H and O–H groups in total. The van der Waals surface area contributed by atoms with E-state index in [9.17, 15) is 4.79 Å². The highest BCUT2D eigenvalue weighted by molar-refractivity contribution is 5.93. The number of aromatic nitrogens is 2. The number of nitrogens with zero attached hydrogens (tertiary/aromatic N) is 2. The van der Waals surface area contributed by atoms with Crippen molar-refractivity contribution in [2.24, 2.45) is 7.05 Å². The number of methoxy groups -OCH3 is 1. The Labute approximate surface area is 149 Å². The third-order valence-electron chi connectivity index (χ3n) is 3.90. The van der Waals surface area contributed by atoms with E-state index >= 15 is 0 Å². The highest BCUT2D eigenvalue weighted by Gasteiger charge is 2.21. The number of hydrogen-bond donors (Lipinski definition) is 1. The molecule has 0 saturated heterocycles. The number of carbonyl (C=O) groups excluding carboxylic acids is 1. The fraction of sp³-hybridized carbons (Fsp3) is 0.474. The number of aryl methyl sites for hydroxylation is 1. The van der Waals surface area contributed by atoms with Crippen molar-refractivity contribution in [2.45, 2.75) is 45.8 Å². The van der Waals surface area contributed by atoms with Crippen molar-refractivity contribution >= 4 is 11.7 Å². The van der Waals surface area contributed by atoms with Crippen LogP contribution in [0.3, 0.4) is 0 Å². The van der Waals surface area contributed by atoms with Crippen LogP contribution in [0.1, 0.15) is 39.0 Å². The van der Waals surface area contributed by atoms with E-state index < -0.39 is 6.10 Å². The largest absolute Gasteiger partial charge is 0.497 e. The maximum atomic E-state index is 12.4. The molecule has 1 aromatic carbocycles. The van der Waals surface area contributed by atoms with E-state index in [1.54, 1.807) is 18.7 Å². The predicted octanol–water partition coefficient (Wildman–Crippen LogP) is 3.27. The molecule has 0 aliphatic heterocycles. The number of ether oxygens (including phenoxy) is 2. The zero-order chi connectivity index (χ0) is 18.6. The average Bonchev–Trinajstić information content (AvgIpc) is 2.94. The summed E-state index contributed by atoms with van der Waals surface area (Å²) in [5.41, 5.74) is 1.81. The zero-order valence-electron chi connectivity index (χ0n) is 15.8. The molecule has 1 heterocycles. The summed E-state index contributed by atoms with van der Waals surface area (Å²) in [6.45, 7) is 8.32. The lowest BCUT2D eigenvalue weighted by atomic mass is 9.92. The van der Waals surface area contributed by atoms with Gasteiger partial charge in [-0.25, -0.2) is 0 Å². The van der Waals surface area contributed by atoms with E-state index in [0.29, 0.717) is 12.4 Å². The minimum atomic E-state index is -0.584. The van der Waals surface area contributed by atoms with Gasteiger partial charge in [0.15, 0.2) is 0 Å². The molecule has 2 rings (SSSR count). The Bertz CT molecular complexity index is 732. The van der Waals surface area contributed by atoms with Crippen molar-refractivity contribution in [3.8, 4) is 5.75 Å². The highest BCUT2D eigenvalue weighted by atomic mass is 16.5. The number of carbonyl (C=O) groups is 1. The van der Waals surface area contributed by atoms with Crippen LogP contribution in [0, 0.1) is 0 Å². The molecule has 6 heteroatoms. The maximum absolute atomic E-state index is 12.4. The summed E-state index contributed by atoms with van der Waals surface area (Å²) in [5.74, 6) is 1.22. The summed E-state index contributed by atoms with van der Waals surface area (Å²) in [6.07, 6.45) is -0.584. The monoisotopic (exact) mass is 345 g/mol. The Balaban J connectivity index is 1.95. The zero-order valence-corrected chi connectivity index (χ0v) is 15.8. The smallest absolute Gasteiger partial charge is 0.254 e. The first-order chi connectivity index (χ1) is 11.7. The Morgan fingerprint density at radius 1 is 1.32 bits per heavy atom. The molecule has 0 unspecified atom stereocenters. The second kappa shape index (κ2) is 7.70. The van der Waals surface area contributed by atoms with Gasteiger partial charge in [-0.3, -0.25) is 9.48 Å². The second-order valence-corrected chi connectivity index (χ2v) is 7.08. The van der Waals surface area contributed by atoms with Crippen molar-refractivity contribution in [1.29, 1.82) is 0 Å². The van der Waals surface area contributed by atoms with Crippen LogP contribution in [-0.2, 0) is 28.6 Å². The molecule has 25 heavy (non-hydrogen) atoms. The van der Waals surface area contributed by atoms with Gasteiger partial charge in [0.05, 0.1) is 19.4 Å². The van der Waals surface area contributed by atoms with Gasteiger partial charge in [-0.2, -0.15) is 5.10 Å². The molecule has 0 aliphatic carbocycles. The van der Waals surface area contributed by atoms with Gasteiger partial charge >= 0.3 is 0 Å². The molecule has 6 nitrogen and oxygen atoms in total. The summed E-state index contributed by atoms with van der Waals surface area (Å²) >= 11 is 0. The number of amides is 1. The lowest BCUT2D eigenvalue weighted by Gasteiger charge is -2.14. The Morgan fingerprint density at radius 3 is 2.64 bits per heavy atom. The van der Waals surface area contributed by atoms with E-state index in [1.807, 2.05) is 37.4 Å². The molecule has 0 fully saturated rings. The minimum absolute atomic E-state index is 0.0742. The van der Waals surface area contributed by atoms with Crippen LogP contribution in [-0.4, -0.2) is 28.9 Å². The number of anilines is 1. The fourth-order valence-electron chi connectivity index (χ4n) is 2.24. The first-order valence-corrected chi connectivity index (χ1v) is 8.30. The topological polar surface area (TPSA) is 65.4 Å². The van der Waals surface area contributed by atoms with Crippen LogP contribution in [0.2, 0.25) is 0 Å². The number of rotatable bonds is 6. The Kier molecular flexibility index (Phi) is 5.85. The lowest BCUT2D eigenvalue weighted by Crippen LogP contribution is -2.28. The molecular weight excluding hydrogens is 318 g/mol. The SMILES string of the molecule is COc1cccc(CO[C@H](C)C(=O)Nc2cc(C(C)(C)C)nn2C)c1. The molecular formula is C19H27N3O3. The van der Waals surface area contributed by atoms with Crippen molar-refractivity contribution < 1.29 is 14.3 Å². The standard InChI is InChI=1S/C19H27N3O3/c1-13(25-12-14-8-7-9-15(10-14)24-6)18(23)20-17-11-16(19(2,3)4)21-22(17)5/h7-11,13H,12H2,1-6H3,(H,20,23)/t13-/m1/s1. The second-order valence-electron chi connectivity index (χ2n) is 7.08. The molecule has 1 aromatic heterocycles. The van der Waals surface area contributed by atoms with Crippen molar-refractivity contribution in [2.75, 3.05) is 12.4 Å². The van der Waals surface area contributed by atoms with E-state index in [1.165, 1.54) is 0 Å². The van der Waals surface area contributed by atoms with Gasteiger partial charge in [0, 0.05) is 18.5 Å². The van der Waals surface area contributed by atoms with Crippen LogP contribution in [0.5, 0.6) is 5.75 Å². The molecule has 0 bridgehead atoms. The highest BCUT2D eigenvalue weighted by Crippen LogP contribution is 2.23. The van der Waals surface area contributed by atoms with E-state index in [-0.39, 0.29) is 11.3 Å². The number of nitrogens with one attached hydrogen (secondary N) is 1. The maximum Gasteiger partial charge on any atom is 0.254 e. The third-order valence-corrected chi connectivity index (χ3v) is 3.90. The fourth-order valence-corrected chi connectivity index (χ4v) is 2.24. The van der Waals surface area contributed by atoms with E-state index in [2.05, 4.69) is 31.2 Å². The molecule has 136 valence electrons. The molecule has 1 atom stereocenters. The van der Waals surface area contributed by atoms with Gasteiger partial charge < -0.3 is 14.8 Å². The minimum Gasteiger partial charge on any atom is -0.497 e. The van der Waals surface area contributed by atoms with Gasteiger partial charge in [-0.15, -0.1) is 0 Å². The molecule has 2 aromatic rings. The van der Waals surface area contributed by atoms with Gasteiger partial charge in [0.2, 0.25) is 0 Å². The first-order valence-electron chi connectivity index (χ1n) is 8.30. The number of hydrogen-bond acceptors (Lipinski definition) is 4. The van der Waals surface area contributed by atoms with Gasteiger partial charge in [0.25, 0.3) is 5.91 Å². The van der Waals surface area contributed by atoms with Gasteiger partial charge in [-0.1, -0.05) is 32.9 Å².